The lowest BCUT2D eigenvalue weighted by Crippen LogP contribution is -2.28. The summed E-state index contributed by atoms with van der Waals surface area (Å²) in [6.07, 6.45) is 1.27. The van der Waals surface area contributed by atoms with Gasteiger partial charge in [0.1, 0.15) is 0 Å². The quantitative estimate of drug-likeness (QED) is 0.267. The molecule has 1 aromatic rings. The molecule has 0 unspecified atom stereocenters. The van der Waals surface area contributed by atoms with Crippen LogP contribution in [0.25, 0.3) is 0 Å². The van der Waals surface area contributed by atoms with Crippen molar-refractivity contribution < 1.29 is 9.66 Å². The number of methoxy groups -OCH3 is 1. The molecule has 0 aliphatic carbocycles. The van der Waals surface area contributed by atoms with Gasteiger partial charge in [0.05, 0.1) is 22.8 Å². The summed E-state index contributed by atoms with van der Waals surface area (Å²) in [5.41, 5.74) is 0.906. The molecule has 0 spiro atoms. The molecule has 1 heterocycles. The molecule has 7 nitrogen and oxygen atoms in total. The van der Waals surface area contributed by atoms with Gasteiger partial charge in [-0.3, -0.25) is 20.1 Å². The number of hydrazone groups is 1. The summed E-state index contributed by atoms with van der Waals surface area (Å²) in [5.74, 6) is 0.440. The maximum absolute atomic E-state index is 10.6. The smallest absolute Gasteiger partial charge is 0.269 e. The molecule has 0 N–H and O–H groups in total. The van der Waals surface area contributed by atoms with Crippen LogP contribution < -0.4 is 0 Å². The van der Waals surface area contributed by atoms with Crippen molar-refractivity contribution in [2.24, 2.45) is 10.1 Å². The monoisotopic (exact) mass is 374 g/mol. The van der Waals surface area contributed by atoms with Crippen LogP contribution >= 0.6 is 22.6 Å². The lowest BCUT2D eigenvalue weighted by atomic mass is 10.1. The molecule has 0 amide bonds. The van der Waals surface area contributed by atoms with Gasteiger partial charge in [-0.25, -0.2) is 0 Å². The van der Waals surface area contributed by atoms with Crippen molar-refractivity contribution in [2.45, 2.75) is 6.17 Å². The number of aliphatic imine (C=N–C) groups is 1. The Kier molecular flexibility index (Phi) is 4.30. The Morgan fingerprint density at radius 3 is 2.68 bits per heavy atom. The zero-order valence-corrected chi connectivity index (χ0v) is 12.2. The average molecular weight is 374 g/mol. The van der Waals surface area contributed by atoms with E-state index in [4.69, 9.17) is 4.74 Å². The second kappa shape index (κ2) is 5.95. The first-order chi connectivity index (χ1) is 9.15. The third-order valence-corrected chi connectivity index (χ3v) is 3.27. The van der Waals surface area contributed by atoms with Crippen molar-refractivity contribution in [1.82, 2.24) is 5.01 Å². The summed E-state index contributed by atoms with van der Waals surface area (Å²) >= 11 is 2.17. The van der Waals surface area contributed by atoms with Gasteiger partial charge in [-0.15, -0.1) is 5.10 Å². The number of ether oxygens (including phenoxy) is 1. The Morgan fingerprint density at radius 1 is 1.47 bits per heavy atom. The molecule has 8 heteroatoms. The van der Waals surface area contributed by atoms with Crippen molar-refractivity contribution in [1.29, 1.82) is 0 Å². The van der Waals surface area contributed by atoms with Gasteiger partial charge in [-0.05, 0) is 17.7 Å². The van der Waals surface area contributed by atoms with Crippen LogP contribution in [0.2, 0.25) is 0 Å². The minimum atomic E-state index is -0.425. The summed E-state index contributed by atoms with van der Waals surface area (Å²) in [7, 11) is 1.53. The van der Waals surface area contributed by atoms with E-state index in [1.54, 1.807) is 23.4 Å². The zero-order chi connectivity index (χ0) is 13.8. The summed E-state index contributed by atoms with van der Waals surface area (Å²) in [4.78, 5) is 14.5. The molecule has 0 aromatic heterocycles. The van der Waals surface area contributed by atoms with E-state index in [0.717, 1.165) is 5.56 Å². The number of hydrogen-bond donors (Lipinski definition) is 0. The highest BCUT2D eigenvalue weighted by Gasteiger charge is 2.21. The lowest BCUT2D eigenvalue weighted by Gasteiger charge is -2.27. The van der Waals surface area contributed by atoms with Gasteiger partial charge in [0.15, 0.2) is 6.17 Å². The standard InChI is InChI=1S/C11H11IN4O3/c1-19-10-6-13-11(15(7-12)14-10)8-2-4-9(5-3-8)16(17)18/h2-6,11H,7H2,1H3/t11-/m1/s1. The van der Waals surface area contributed by atoms with E-state index in [1.165, 1.54) is 19.2 Å². The fourth-order valence-electron chi connectivity index (χ4n) is 1.63. The van der Waals surface area contributed by atoms with Gasteiger partial charge in [-0.1, -0.05) is 22.6 Å². The van der Waals surface area contributed by atoms with Crippen LogP contribution in [0, 0.1) is 10.1 Å². The van der Waals surface area contributed by atoms with E-state index in [2.05, 4.69) is 32.7 Å². The minimum Gasteiger partial charge on any atom is -0.479 e. The molecule has 1 aliphatic heterocycles. The van der Waals surface area contributed by atoms with Crippen molar-refractivity contribution in [2.75, 3.05) is 11.7 Å². The normalized spacial score (nSPS) is 18.1. The largest absolute Gasteiger partial charge is 0.479 e. The predicted octanol–water partition coefficient (Wildman–Crippen LogP) is 2.33. The molecular weight excluding hydrogens is 363 g/mol. The number of alkyl halides is 1. The summed E-state index contributed by atoms with van der Waals surface area (Å²) in [6.45, 7) is 0. The Bertz CT molecular complexity index is 529. The van der Waals surface area contributed by atoms with Crippen LogP contribution in [-0.2, 0) is 4.74 Å². The third kappa shape index (κ3) is 3.00. The molecular formula is C11H11IN4O3. The second-order valence-electron chi connectivity index (χ2n) is 3.70. The van der Waals surface area contributed by atoms with Crippen LogP contribution in [0.4, 0.5) is 5.69 Å². The molecule has 1 aliphatic rings. The number of halogens is 1. The van der Waals surface area contributed by atoms with Crippen LogP contribution in [0.5, 0.6) is 0 Å². The van der Waals surface area contributed by atoms with Crippen molar-refractivity contribution in [3.8, 4) is 0 Å². The first-order valence-corrected chi connectivity index (χ1v) is 6.91. The van der Waals surface area contributed by atoms with Crippen LogP contribution in [0.3, 0.4) is 0 Å². The number of non-ortho nitro benzene ring substituents is 1. The zero-order valence-electron chi connectivity index (χ0n) is 10.1. The molecule has 19 heavy (non-hydrogen) atoms. The number of benzene rings is 1. The van der Waals surface area contributed by atoms with Gasteiger partial charge in [0, 0.05) is 12.1 Å². The van der Waals surface area contributed by atoms with Gasteiger partial charge in [0.2, 0.25) is 5.90 Å². The molecule has 0 radical (unpaired) electrons. The van der Waals surface area contributed by atoms with Gasteiger partial charge < -0.3 is 4.74 Å². The predicted molar refractivity (Wildman–Crippen MR) is 79.5 cm³/mol. The lowest BCUT2D eigenvalue weighted by molar-refractivity contribution is -0.384. The molecule has 0 saturated heterocycles. The minimum absolute atomic E-state index is 0.0608. The van der Waals surface area contributed by atoms with E-state index in [1.807, 2.05) is 0 Å². The fraction of sp³-hybridized carbons (Fsp3) is 0.273. The average Bonchev–Trinajstić information content (AvgIpc) is 2.46. The summed E-state index contributed by atoms with van der Waals surface area (Å²) in [6, 6.07) is 6.30. The highest BCUT2D eigenvalue weighted by atomic mass is 127. The van der Waals surface area contributed by atoms with Crippen molar-refractivity contribution >= 4 is 40.4 Å². The van der Waals surface area contributed by atoms with E-state index >= 15 is 0 Å². The third-order valence-electron chi connectivity index (χ3n) is 2.57. The van der Waals surface area contributed by atoms with Gasteiger partial charge in [0.25, 0.3) is 5.69 Å². The maximum Gasteiger partial charge on any atom is 0.269 e. The van der Waals surface area contributed by atoms with Crippen LogP contribution in [-0.4, -0.2) is 33.7 Å². The number of rotatable bonds is 3. The molecule has 2 rings (SSSR count). The molecule has 1 aromatic carbocycles. The molecule has 100 valence electrons. The highest BCUT2D eigenvalue weighted by Crippen LogP contribution is 2.27. The Morgan fingerprint density at radius 2 is 2.16 bits per heavy atom. The van der Waals surface area contributed by atoms with E-state index < -0.39 is 4.92 Å². The number of nitro groups is 1. The Balaban J connectivity index is 2.24. The van der Waals surface area contributed by atoms with Gasteiger partial charge >= 0.3 is 0 Å². The van der Waals surface area contributed by atoms with Crippen molar-refractivity contribution in [3.63, 3.8) is 0 Å². The number of nitrogens with zero attached hydrogens (tertiary/aromatic N) is 4. The Labute approximate surface area is 123 Å². The van der Waals surface area contributed by atoms with E-state index in [-0.39, 0.29) is 11.9 Å². The van der Waals surface area contributed by atoms with Gasteiger partial charge in [-0.2, -0.15) is 0 Å². The van der Waals surface area contributed by atoms with Crippen LogP contribution in [0.15, 0.2) is 34.4 Å². The van der Waals surface area contributed by atoms with Crippen LogP contribution in [0.1, 0.15) is 11.7 Å². The number of nitro benzene ring substituents is 1. The summed E-state index contributed by atoms with van der Waals surface area (Å²) in [5, 5.41) is 16.6. The second-order valence-corrected chi connectivity index (χ2v) is 4.38. The molecule has 0 fully saturated rings. The molecule has 0 bridgehead atoms. The first kappa shape index (κ1) is 13.7. The summed E-state index contributed by atoms with van der Waals surface area (Å²) < 4.78 is 5.65. The Hall–Kier alpha value is -1.71. The highest BCUT2D eigenvalue weighted by molar-refractivity contribution is 14.1. The maximum atomic E-state index is 10.6. The topological polar surface area (TPSA) is 80.3 Å². The molecule has 1 atom stereocenters. The molecule has 0 saturated carbocycles. The first-order valence-electron chi connectivity index (χ1n) is 5.38. The fourth-order valence-corrected chi connectivity index (χ4v) is 2.16. The number of hydrogen-bond acceptors (Lipinski definition) is 6. The van der Waals surface area contributed by atoms with E-state index in [9.17, 15) is 10.1 Å². The van der Waals surface area contributed by atoms with E-state index in [0.29, 0.717) is 10.4 Å². The van der Waals surface area contributed by atoms with Crippen molar-refractivity contribution in [3.05, 3.63) is 39.9 Å². The SMILES string of the molecule is COC1=NN(CI)[C@H](c2ccc([N+](=O)[O-])cc2)N=C1.